The Bertz CT molecular complexity index is 740. The lowest BCUT2D eigenvalue weighted by Gasteiger charge is -2.07. The second kappa shape index (κ2) is 5.19. The molecule has 1 unspecified atom stereocenters. The van der Waals surface area contributed by atoms with Gasteiger partial charge in [0.1, 0.15) is 5.52 Å². The number of hydrogen-bond donors (Lipinski definition) is 1. The fourth-order valence-corrected chi connectivity index (χ4v) is 2.26. The number of halogens is 1. The van der Waals surface area contributed by atoms with Crippen molar-refractivity contribution in [1.29, 1.82) is 0 Å². The zero-order valence-corrected chi connectivity index (χ0v) is 11.6. The lowest BCUT2D eigenvalue weighted by atomic mass is 10.2. The Labute approximate surface area is 120 Å². The highest BCUT2D eigenvalue weighted by molar-refractivity contribution is 6.33. The van der Waals surface area contributed by atoms with Crippen LogP contribution in [0.25, 0.3) is 22.6 Å². The van der Waals surface area contributed by atoms with Crippen LogP contribution in [0.3, 0.4) is 0 Å². The van der Waals surface area contributed by atoms with Crippen molar-refractivity contribution in [3.8, 4) is 11.4 Å². The number of rotatable bonds is 3. The summed E-state index contributed by atoms with van der Waals surface area (Å²) in [6, 6.07) is 9.62. The zero-order chi connectivity index (χ0) is 14.1. The van der Waals surface area contributed by atoms with Gasteiger partial charge in [-0.25, -0.2) is 15.0 Å². The molecule has 0 aliphatic rings. The number of aliphatic hydroxyl groups excluding tert-OH is 1. The van der Waals surface area contributed by atoms with Crippen LogP contribution in [-0.4, -0.2) is 30.7 Å². The summed E-state index contributed by atoms with van der Waals surface area (Å²) in [5.74, 6) is 0.551. The molecule has 5 nitrogen and oxygen atoms in total. The summed E-state index contributed by atoms with van der Waals surface area (Å²) in [4.78, 5) is 13.0. The number of benzene rings is 1. The van der Waals surface area contributed by atoms with Crippen LogP contribution in [0.4, 0.5) is 0 Å². The number of nitrogens with zero attached hydrogens (tertiary/aromatic N) is 4. The first-order valence-electron chi connectivity index (χ1n) is 6.27. The highest BCUT2D eigenvalue weighted by atomic mass is 35.5. The second-order valence-corrected chi connectivity index (χ2v) is 4.98. The van der Waals surface area contributed by atoms with Crippen LogP contribution in [0.15, 0.2) is 36.7 Å². The Balaban J connectivity index is 2.16. The molecule has 2 aromatic heterocycles. The Morgan fingerprint density at radius 2 is 2.00 bits per heavy atom. The number of hydrogen-bond acceptors (Lipinski definition) is 4. The van der Waals surface area contributed by atoms with Gasteiger partial charge in [0.2, 0.25) is 0 Å². The molecule has 0 aliphatic heterocycles. The highest BCUT2D eigenvalue weighted by Gasteiger charge is 2.13. The van der Waals surface area contributed by atoms with Gasteiger partial charge < -0.3 is 9.67 Å². The molecule has 3 rings (SSSR count). The van der Waals surface area contributed by atoms with Gasteiger partial charge in [0.25, 0.3) is 0 Å². The molecule has 20 heavy (non-hydrogen) atoms. The summed E-state index contributed by atoms with van der Waals surface area (Å²) in [6.45, 7) is 2.13. The molecule has 0 aliphatic carbocycles. The third kappa shape index (κ3) is 2.37. The molecule has 1 aromatic carbocycles. The van der Waals surface area contributed by atoms with Gasteiger partial charge in [-0.2, -0.15) is 0 Å². The van der Waals surface area contributed by atoms with Crippen molar-refractivity contribution in [3.05, 3.63) is 41.8 Å². The molecule has 102 valence electrons. The molecule has 6 heteroatoms. The number of aliphatic hydroxyl groups is 1. The van der Waals surface area contributed by atoms with E-state index in [0.29, 0.717) is 28.7 Å². The lowest BCUT2D eigenvalue weighted by Crippen LogP contribution is -2.11. The summed E-state index contributed by atoms with van der Waals surface area (Å²) in [7, 11) is 0. The first-order chi connectivity index (χ1) is 9.65. The Kier molecular flexibility index (Phi) is 3.38. The molecule has 0 radical (unpaired) electrons. The van der Waals surface area contributed by atoms with Crippen LogP contribution in [0.1, 0.15) is 6.92 Å². The zero-order valence-electron chi connectivity index (χ0n) is 10.9. The highest BCUT2D eigenvalue weighted by Crippen LogP contribution is 2.23. The van der Waals surface area contributed by atoms with Crippen LogP contribution in [-0.2, 0) is 6.54 Å². The molecular formula is C14H13ClN4O. The van der Waals surface area contributed by atoms with Gasteiger partial charge in [-0.3, -0.25) is 0 Å². The van der Waals surface area contributed by atoms with Crippen molar-refractivity contribution in [3.63, 3.8) is 0 Å². The van der Waals surface area contributed by atoms with Crippen molar-refractivity contribution >= 4 is 22.8 Å². The van der Waals surface area contributed by atoms with Crippen LogP contribution >= 0.6 is 11.6 Å². The van der Waals surface area contributed by atoms with Gasteiger partial charge in [-0.15, -0.1) is 0 Å². The van der Waals surface area contributed by atoms with E-state index in [9.17, 15) is 5.11 Å². The smallest absolute Gasteiger partial charge is 0.165 e. The van der Waals surface area contributed by atoms with Gasteiger partial charge in [0, 0.05) is 5.56 Å². The molecule has 0 saturated carbocycles. The molecule has 0 amide bonds. The van der Waals surface area contributed by atoms with E-state index in [2.05, 4.69) is 15.0 Å². The Morgan fingerprint density at radius 1 is 1.25 bits per heavy atom. The lowest BCUT2D eigenvalue weighted by molar-refractivity contribution is 0.175. The fraction of sp³-hybridized carbons (Fsp3) is 0.214. The van der Waals surface area contributed by atoms with E-state index in [1.54, 1.807) is 17.8 Å². The normalized spacial score (nSPS) is 12.8. The van der Waals surface area contributed by atoms with Crippen LogP contribution in [0.5, 0.6) is 0 Å². The molecule has 1 N–H and O–H groups in total. The average molecular weight is 289 g/mol. The minimum atomic E-state index is -0.485. The first kappa shape index (κ1) is 13.0. The maximum atomic E-state index is 9.51. The Hall–Kier alpha value is -1.98. The van der Waals surface area contributed by atoms with Gasteiger partial charge in [-0.05, 0) is 6.92 Å². The second-order valence-electron chi connectivity index (χ2n) is 4.62. The van der Waals surface area contributed by atoms with Crippen molar-refractivity contribution < 1.29 is 5.11 Å². The summed E-state index contributed by atoms with van der Waals surface area (Å²) in [5, 5.41) is 9.83. The number of fused-ring (bicyclic) bond motifs is 1. The molecule has 0 saturated heterocycles. The minimum Gasteiger partial charge on any atom is -0.392 e. The molecule has 0 fully saturated rings. The van der Waals surface area contributed by atoms with E-state index in [0.717, 1.165) is 5.56 Å². The van der Waals surface area contributed by atoms with Crippen molar-refractivity contribution in [1.82, 2.24) is 19.5 Å². The molecule has 0 bridgehead atoms. The summed E-state index contributed by atoms with van der Waals surface area (Å²) >= 11 is 6.17. The van der Waals surface area contributed by atoms with E-state index in [1.807, 2.05) is 30.3 Å². The molecular weight excluding hydrogens is 276 g/mol. The topological polar surface area (TPSA) is 63.8 Å². The van der Waals surface area contributed by atoms with Crippen molar-refractivity contribution in [2.45, 2.75) is 19.6 Å². The van der Waals surface area contributed by atoms with Gasteiger partial charge in [-0.1, -0.05) is 41.9 Å². The van der Waals surface area contributed by atoms with Crippen molar-refractivity contribution in [2.24, 2.45) is 0 Å². The van der Waals surface area contributed by atoms with Gasteiger partial charge >= 0.3 is 0 Å². The van der Waals surface area contributed by atoms with E-state index in [4.69, 9.17) is 11.6 Å². The van der Waals surface area contributed by atoms with Crippen LogP contribution < -0.4 is 0 Å². The Morgan fingerprint density at radius 3 is 2.70 bits per heavy atom. The summed E-state index contributed by atoms with van der Waals surface area (Å²) < 4.78 is 1.78. The molecule has 0 spiro atoms. The van der Waals surface area contributed by atoms with Gasteiger partial charge in [0.05, 0.1) is 19.0 Å². The largest absolute Gasteiger partial charge is 0.392 e. The number of aromatic nitrogens is 4. The van der Waals surface area contributed by atoms with E-state index < -0.39 is 6.10 Å². The van der Waals surface area contributed by atoms with Gasteiger partial charge in [0.15, 0.2) is 16.6 Å². The standard InChI is InChI=1S/C14H13ClN4O/c1-9(20)7-19-8-16-11-12(15)17-13(18-14(11)19)10-5-3-2-4-6-10/h2-6,8-9,20H,7H2,1H3. The minimum absolute atomic E-state index is 0.318. The third-order valence-electron chi connectivity index (χ3n) is 2.91. The number of imidazole rings is 1. The quantitative estimate of drug-likeness (QED) is 0.752. The van der Waals surface area contributed by atoms with Crippen molar-refractivity contribution in [2.75, 3.05) is 0 Å². The third-order valence-corrected chi connectivity index (χ3v) is 3.18. The predicted octanol–water partition coefficient (Wildman–Crippen LogP) is 2.53. The summed E-state index contributed by atoms with van der Waals surface area (Å²) in [6.07, 6.45) is 1.13. The van der Waals surface area contributed by atoms with E-state index in [1.165, 1.54) is 0 Å². The maximum absolute atomic E-state index is 9.51. The van der Waals surface area contributed by atoms with E-state index >= 15 is 0 Å². The SMILES string of the molecule is CC(O)Cn1cnc2c(Cl)nc(-c3ccccc3)nc21. The monoisotopic (exact) mass is 288 g/mol. The molecule has 3 aromatic rings. The molecule has 1 atom stereocenters. The predicted molar refractivity (Wildman–Crippen MR) is 77.4 cm³/mol. The average Bonchev–Trinajstić information content (AvgIpc) is 2.83. The molecule has 2 heterocycles. The van der Waals surface area contributed by atoms with Crippen LogP contribution in [0, 0.1) is 0 Å². The maximum Gasteiger partial charge on any atom is 0.165 e. The fourth-order valence-electron chi connectivity index (χ4n) is 2.04. The summed E-state index contributed by atoms with van der Waals surface area (Å²) in [5.41, 5.74) is 2.07. The first-order valence-corrected chi connectivity index (χ1v) is 6.65. The van der Waals surface area contributed by atoms with E-state index in [-0.39, 0.29) is 0 Å². The van der Waals surface area contributed by atoms with Crippen LogP contribution in [0.2, 0.25) is 5.15 Å².